The van der Waals surface area contributed by atoms with E-state index < -0.39 is 0 Å². The van der Waals surface area contributed by atoms with Gasteiger partial charge in [0.1, 0.15) is 28.7 Å². The van der Waals surface area contributed by atoms with E-state index >= 15 is 0 Å². The molecule has 0 bridgehead atoms. The Hall–Kier alpha value is -4.41. The van der Waals surface area contributed by atoms with Gasteiger partial charge in [-0.15, -0.1) is 10.2 Å². The van der Waals surface area contributed by atoms with Crippen molar-refractivity contribution >= 4 is 24.2 Å². The van der Waals surface area contributed by atoms with Crippen molar-refractivity contribution in [1.82, 2.24) is 15.2 Å². The summed E-state index contributed by atoms with van der Waals surface area (Å²) in [7, 11) is 0. The molecular formula is C18H17N7O4. The second-order valence-corrected chi connectivity index (χ2v) is 5.80. The summed E-state index contributed by atoms with van der Waals surface area (Å²) in [5.41, 5.74) is 6.52. The van der Waals surface area contributed by atoms with Crippen molar-refractivity contribution in [2.24, 2.45) is 10.2 Å². The van der Waals surface area contributed by atoms with Gasteiger partial charge in [-0.1, -0.05) is 0 Å². The Morgan fingerprint density at radius 3 is 1.90 bits per heavy atom. The molecular weight excluding hydrogens is 378 g/mol. The fourth-order valence-electron chi connectivity index (χ4n) is 2.14. The number of nitrogens with zero attached hydrogens (tertiary/aromatic N) is 5. The number of rotatable bonds is 6. The summed E-state index contributed by atoms with van der Waals surface area (Å²) in [6, 6.07) is 8.22. The van der Waals surface area contributed by atoms with Crippen LogP contribution < -0.4 is 10.9 Å². The molecule has 1 heterocycles. The molecule has 2 aromatic carbocycles. The maximum absolute atomic E-state index is 9.74. The van der Waals surface area contributed by atoms with Crippen LogP contribution in [0.3, 0.4) is 0 Å². The third-order valence-corrected chi connectivity index (χ3v) is 3.63. The highest BCUT2D eigenvalue weighted by Crippen LogP contribution is 2.22. The summed E-state index contributed by atoms with van der Waals surface area (Å²) in [6.07, 6.45) is 2.69. The highest BCUT2D eigenvalue weighted by atomic mass is 16.3. The van der Waals surface area contributed by atoms with E-state index in [1.807, 2.05) is 0 Å². The third kappa shape index (κ3) is 5.07. The van der Waals surface area contributed by atoms with Crippen LogP contribution in [0, 0.1) is 6.92 Å². The van der Waals surface area contributed by atoms with Crippen LogP contribution in [0.25, 0.3) is 0 Å². The Morgan fingerprint density at radius 2 is 1.34 bits per heavy atom. The molecule has 0 aliphatic carbocycles. The summed E-state index contributed by atoms with van der Waals surface area (Å²) in [6.45, 7) is 1.68. The fraction of sp³-hybridized carbons (Fsp3) is 0.0556. The number of aromatic nitrogens is 3. The normalized spacial score (nSPS) is 11.2. The maximum atomic E-state index is 9.74. The Labute approximate surface area is 164 Å². The number of anilines is 2. The molecule has 0 saturated heterocycles. The lowest BCUT2D eigenvalue weighted by atomic mass is 10.2. The van der Waals surface area contributed by atoms with Gasteiger partial charge in [0.25, 0.3) is 5.95 Å². The molecule has 0 amide bonds. The summed E-state index contributed by atoms with van der Waals surface area (Å²) in [5, 5.41) is 53.7. The number of phenolic OH excluding ortho intramolecular Hbond substituents is 4. The van der Waals surface area contributed by atoms with E-state index in [2.05, 4.69) is 36.2 Å². The number of hydrogen-bond donors (Lipinski definition) is 6. The molecule has 0 atom stereocenters. The highest BCUT2D eigenvalue weighted by Gasteiger charge is 2.05. The number of nitrogens with one attached hydrogen (secondary N) is 2. The maximum Gasteiger partial charge on any atom is 0.265 e. The SMILES string of the molecule is Cc1nnc(NN=Cc2ccc(O)cc2O)nc1NN=Cc1ccc(O)cc1O. The lowest BCUT2D eigenvalue weighted by molar-refractivity contribution is 0.449. The second-order valence-electron chi connectivity index (χ2n) is 5.80. The zero-order valence-corrected chi connectivity index (χ0v) is 15.1. The average Bonchev–Trinajstić information content (AvgIpc) is 2.67. The van der Waals surface area contributed by atoms with Gasteiger partial charge in [0.05, 0.1) is 12.4 Å². The van der Waals surface area contributed by atoms with Crippen LogP contribution in [-0.2, 0) is 0 Å². The minimum absolute atomic E-state index is 0.0552. The topological polar surface area (TPSA) is 168 Å². The minimum Gasteiger partial charge on any atom is -0.508 e. The van der Waals surface area contributed by atoms with Crippen LogP contribution in [0.5, 0.6) is 23.0 Å². The van der Waals surface area contributed by atoms with Gasteiger partial charge in [0.2, 0.25) is 0 Å². The molecule has 3 rings (SSSR count). The monoisotopic (exact) mass is 395 g/mol. The first-order valence-corrected chi connectivity index (χ1v) is 8.26. The van der Waals surface area contributed by atoms with Crippen LogP contribution >= 0.6 is 0 Å². The predicted octanol–water partition coefficient (Wildman–Crippen LogP) is 1.89. The van der Waals surface area contributed by atoms with Crippen LogP contribution in [0.1, 0.15) is 16.8 Å². The number of phenols is 4. The lowest BCUT2D eigenvalue weighted by Crippen LogP contribution is -2.05. The van der Waals surface area contributed by atoms with Crippen molar-refractivity contribution in [2.45, 2.75) is 6.92 Å². The molecule has 6 N–H and O–H groups in total. The molecule has 0 aliphatic rings. The van der Waals surface area contributed by atoms with Gasteiger partial charge < -0.3 is 20.4 Å². The Morgan fingerprint density at radius 1 is 0.793 bits per heavy atom. The molecule has 0 fully saturated rings. The quantitative estimate of drug-likeness (QED) is 0.269. The molecule has 29 heavy (non-hydrogen) atoms. The fourth-order valence-corrected chi connectivity index (χ4v) is 2.14. The molecule has 0 saturated carbocycles. The zero-order chi connectivity index (χ0) is 20.8. The lowest BCUT2D eigenvalue weighted by Gasteiger charge is -2.05. The molecule has 0 radical (unpaired) electrons. The molecule has 0 aliphatic heterocycles. The van der Waals surface area contributed by atoms with Gasteiger partial charge >= 0.3 is 0 Å². The predicted molar refractivity (Wildman–Crippen MR) is 107 cm³/mol. The van der Waals surface area contributed by atoms with Gasteiger partial charge in [-0.2, -0.15) is 15.2 Å². The van der Waals surface area contributed by atoms with E-state index in [4.69, 9.17) is 0 Å². The summed E-state index contributed by atoms with van der Waals surface area (Å²) < 4.78 is 0. The second kappa shape index (κ2) is 8.52. The Bertz CT molecular complexity index is 1090. The van der Waals surface area contributed by atoms with E-state index in [1.165, 1.54) is 48.8 Å². The van der Waals surface area contributed by atoms with Gasteiger partial charge in [0, 0.05) is 23.3 Å². The third-order valence-electron chi connectivity index (χ3n) is 3.63. The molecule has 3 aromatic rings. The van der Waals surface area contributed by atoms with E-state index in [0.717, 1.165) is 0 Å². The number of aromatic hydroxyl groups is 4. The molecule has 148 valence electrons. The average molecular weight is 395 g/mol. The van der Waals surface area contributed by atoms with E-state index in [9.17, 15) is 20.4 Å². The van der Waals surface area contributed by atoms with Gasteiger partial charge in [-0.3, -0.25) is 5.43 Å². The van der Waals surface area contributed by atoms with Crippen molar-refractivity contribution in [1.29, 1.82) is 0 Å². The summed E-state index contributed by atoms with van der Waals surface area (Å²) in [5.74, 6) is 0.0147. The zero-order valence-electron chi connectivity index (χ0n) is 15.1. The number of hydrogen-bond acceptors (Lipinski definition) is 11. The first-order valence-electron chi connectivity index (χ1n) is 8.26. The highest BCUT2D eigenvalue weighted by molar-refractivity contribution is 5.84. The van der Waals surface area contributed by atoms with Crippen LogP contribution in [0.15, 0.2) is 46.6 Å². The Kier molecular flexibility index (Phi) is 5.69. The van der Waals surface area contributed by atoms with Crippen molar-refractivity contribution in [3.8, 4) is 23.0 Å². The largest absolute Gasteiger partial charge is 0.508 e. The smallest absolute Gasteiger partial charge is 0.265 e. The number of aryl methyl sites for hydroxylation is 1. The molecule has 0 spiro atoms. The molecule has 0 unspecified atom stereocenters. The first-order chi connectivity index (χ1) is 13.9. The van der Waals surface area contributed by atoms with Crippen molar-refractivity contribution in [3.63, 3.8) is 0 Å². The van der Waals surface area contributed by atoms with Crippen LogP contribution in [0.2, 0.25) is 0 Å². The van der Waals surface area contributed by atoms with Crippen LogP contribution in [0.4, 0.5) is 11.8 Å². The molecule has 11 heteroatoms. The van der Waals surface area contributed by atoms with E-state index in [1.54, 1.807) is 6.92 Å². The number of hydrazone groups is 2. The molecule has 11 nitrogen and oxygen atoms in total. The van der Waals surface area contributed by atoms with Gasteiger partial charge in [-0.25, -0.2) is 5.43 Å². The van der Waals surface area contributed by atoms with Crippen molar-refractivity contribution in [3.05, 3.63) is 53.2 Å². The first kappa shape index (κ1) is 19.4. The summed E-state index contributed by atoms with van der Waals surface area (Å²) in [4.78, 5) is 4.18. The number of benzene rings is 2. The standard InChI is InChI=1S/C18H17N7O4/c1-10-17(23-19-8-11-2-4-13(26)6-15(11)28)21-18(25-22-10)24-20-9-12-3-5-14(27)7-16(12)29/h2-9,26-29H,1H3,(H2,21,23,24,25). The summed E-state index contributed by atoms with van der Waals surface area (Å²) >= 11 is 0. The van der Waals surface area contributed by atoms with Crippen molar-refractivity contribution in [2.75, 3.05) is 10.9 Å². The van der Waals surface area contributed by atoms with Gasteiger partial charge in [-0.05, 0) is 31.2 Å². The van der Waals surface area contributed by atoms with Gasteiger partial charge in [0.15, 0.2) is 5.82 Å². The van der Waals surface area contributed by atoms with Crippen molar-refractivity contribution < 1.29 is 20.4 Å². The van der Waals surface area contributed by atoms with E-state index in [-0.39, 0.29) is 28.9 Å². The van der Waals surface area contributed by atoms with E-state index in [0.29, 0.717) is 22.6 Å². The Balaban J connectivity index is 1.67. The molecule has 1 aromatic heterocycles. The minimum atomic E-state index is -0.132. The van der Waals surface area contributed by atoms with Crippen LogP contribution in [-0.4, -0.2) is 48.0 Å².